The van der Waals surface area contributed by atoms with Crippen molar-refractivity contribution >= 4 is 17.2 Å². The number of rotatable bonds is 1. The van der Waals surface area contributed by atoms with Gasteiger partial charge in [0.15, 0.2) is 11.4 Å². The SMILES string of the molecule is O=C1c2c(O)c(=O)ccn2N([C@@H]2c3ccccc3-c3scc4c3-c3c2ccc(F)c3C(F)(F)C4)[C@@H]2CC3(CCC3)CCN12. The molecule has 43 heavy (non-hydrogen) atoms. The lowest BCUT2D eigenvalue weighted by Crippen LogP contribution is -2.66. The second kappa shape index (κ2) is 8.31. The van der Waals surface area contributed by atoms with E-state index in [2.05, 4.69) is 0 Å². The topological polar surface area (TPSA) is 65.8 Å². The van der Waals surface area contributed by atoms with Gasteiger partial charge in [0, 0.05) is 41.2 Å². The zero-order valence-corrected chi connectivity index (χ0v) is 23.8. The lowest BCUT2D eigenvalue weighted by molar-refractivity contribution is -0.0165. The molecular weight excluding hydrogens is 575 g/mol. The van der Waals surface area contributed by atoms with Crippen molar-refractivity contribution in [2.24, 2.45) is 5.41 Å². The van der Waals surface area contributed by atoms with Gasteiger partial charge in [-0.25, -0.2) is 13.2 Å². The molecule has 4 aromatic rings. The molecule has 2 atom stereocenters. The molecule has 2 aliphatic heterocycles. The number of aromatic nitrogens is 1. The Balaban J connectivity index is 1.39. The third kappa shape index (κ3) is 3.19. The Hall–Kier alpha value is -4.05. The van der Waals surface area contributed by atoms with Gasteiger partial charge >= 0.3 is 0 Å². The number of amides is 1. The van der Waals surface area contributed by atoms with Gasteiger partial charge in [0.1, 0.15) is 12.0 Å². The minimum atomic E-state index is -3.41. The second-order valence-electron chi connectivity index (χ2n) is 12.6. The van der Waals surface area contributed by atoms with Gasteiger partial charge in [-0.3, -0.25) is 19.3 Å². The van der Waals surface area contributed by atoms with Crippen molar-refractivity contribution in [3.8, 4) is 27.3 Å². The maximum Gasteiger partial charge on any atom is 0.280 e. The van der Waals surface area contributed by atoms with Gasteiger partial charge in [0.2, 0.25) is 5.43 Å². The smallest absolute Gasteiger partial charge is 0.280 e. The molecule has 3 aliphatic carbocycles. The van der Waals surface area contributed by atoms with Gasteiger partial charge in [-0.1, -0.05) is 36.8 Å². The lowest BCUT2D eigenvalue weighted by Gasteiger charge is -2.58. The standard InChI is InChI=1S/C33H26F3N3O3S/c34-21-7-6-20-25-24-17(14-33(35,36)26(21)25)16-43-30(24)19-5-2-1-4-18(19)27(20)39-23-15-32(9-3-10-32)11-13-37(23)31(42)28-29(41)22(40)8-12-38(28)39/h1-2,4-8,12,16,23,27,41H,3,9-11,13-15H2/t23-,27-/m1/s1. The molecule has 218 valence electrons. The zero-order chi connectivity index (χ0) is 29.4. The minimum Gasteiger partial charge on any atom is -0.502 e. The van der Waals surface area contributed by atoms with Gasteiger partial charge in [-0.15, -0.1) is 11.3 Å². The van der Waals surface area contributed by atoms with Gasteiger partial charge < -0.3 is 10.0 Å². The van der Waals surface area contributed by atoms with E-state index in [0.29, 0.717) is 29.7 Å². The molecule has 9 rings (SSSR count). The highest BCUT2D eigenvalue weighted by Gasteiger charge is 2.54. The van der Waals surface area contributed by atoms with Gasteiger partial charge in [-0.05, 0) is 64.8 Å². The molecule has 10 heteroatoms. The number of carbonyl (C=O) groups is 1. The molecule has 1 saturated heterocycles. The molecular formula is C33H26F3N3O3S. The quantitative estimate of drug-likeness (QED) is 0.270. The molecule has 1 saturated carbocycles. The predicted octanol–water partition coefficient (Wildman–Crippen LogP) is 6.52. The largest absolute Gasteiger partial charge is 0.502 e. The molecule has 0 radical (unpaired) electrons. The summed E-state index contributed by atoms with van der Waals surface area (Å²) in [7, 11) is 0. The van der Waals surface area contributed by atoms with E-state index in [1.807, 2.05) is 29.3 Å². The summed E-state index contributed by atoms with van der Waals surface area (Å²) in [5, 5.41) is 14.7. The van der Waals surface area contributed by atoms with Gasteiger partial charge in [0.25, 0.3) is 11.8 Å². The Morgan fingerprint density at radius 1 is 0.977 bits per heavy atom. The van der Waals surface area contributed by atoms with Gasteiger partial charge in [-0.2, -0.15) is 0 Å². The van der Waals surface area contributed by atoms with Crippen molar-refractivity contribution in [3.63, 3.8) is 0 Å². The lowest BCUT2D eigenvalue weighted by atomic mass is 9.62. The highest BCUT2D eigenvalue weighted by atomic mass is 32.1. The summed E-state index contributed by atoms with van der Waals surface area (Å²) < 4.78 is 48.7. The average molecular weight is 602 g/mol. The number of alkyl halides is 2. The Morgan fingerprint density at radius 3 is 2.58 bits per heavy atom. The third-order valence-corrected chi connectivity index (χ3v) is 11.5. The van der Waals surface area contributed by atoms with Crippen LogP contribution in [0, 0.1) is 11.2 Å². The van der Waals surface area contributed by atoms with Gasteiger partial charge in [0.05, 0.1) is 11.6 Å². The van der Waals surface area contributed by atoms with Crippen LogP contribution in [0.15, 0.2) is 58.8 Å². The molecule has 1 N–H and O–H groups in total. The van der Waals surface area contributed by atoms with E-state index < -0.39 is 53.0 Å². The Morgan fingerprint density at radius 2 is 1.79 bits per heavy atom. The molecule has 1 spiro atoms. The number of halogens is 3. The van der Waals surface area contributed by atoms with Crippen molar-refractivity contribution in [2.75, 3.05) is 11.6 Å². The number of carbonyl (C=O) groups excluding carboxylic acids is 1. The average Bonchev–Trinajstić information content (AvgIpc) is 3.33. The van der Waals surface area contributed by atoms with E-state index >= 15 is 13.2 Å². The fourth-order valence-electron chi connectivity index (χ4n) is 8.36. The van der Waals surface area contributed by atoms with E-state index in [9.17, 15) is 14.7 Å². The highest BCUT2D eigenvalue weighted by Crippen LogP contribution is 2.59. The Bertz CT molecular complexity index is 1960. The van der Waals surface area contributed by atoms with Crippen LogP contribution in [0.1, 0.15) is 70.9 Å². The first kappa shape index (κ1) is 25.4. The molecule has 0 unspecified atom stereocenters. The number of hydrogen-bond donors (Lipinski definition) is 1. The van der Waals surface area contributed by atoms with Crippen LogP contribution in [0.4, 0.5) is 13.2 Å². The number of thiophene rings is 1. The van der Waals surface area contributed by atoms with Crippen LogP contribution < -0.4 is 10.4 Å². The zero-order valence-electron chi connectivity index (χ0n) is 22.9. The van der Waals surface area contributed by atoms with Crippen molar-refractivity contribution in [1.29, 1.82) is 0 Å². The number of nitrogens with zero attached hydrogens (tertiary/aromatic N) is 3. The number of aromatic hydroxyl groups is 1. The van der Waals surface area contributed by atoms with E-state index in [-0.39, 0.29) is 16.7 Å². The molecule has 2 aromatic heterocycles. The summed E-state index contributed by atoms with van der Waals surface area (Å²) in [6.45, 7) is 0.452. The summed E-state index contributed by atoms with van der Waals surface area (Å²) in [6.07, 6.45) is 5.12. The summed E-state index contributed by atoms with van der Waals surface area (Å²) >= 11 is 1.38. The highest BCUT2D eigenvalue weighted by molar-refractivity contribution is 7.14. The Kier molecular flexibility index (Phi) is 4.92. The summed E-state index contributed by atoms with van der Waals surface area (Å²) in [5.41, 5.74) is 2.17. The fourth-order valence-corrected chi connectivity index (χ4v) is 9.49. The number of hydrogen-bond acceptors (Lipinski definition) is 5. The molecule has 0 bridgehead atoms. The number of fused-ring (bicyclic) bond motifs is 4. The van der Waals surface area contributed by atoms with Crippen molar-refractivity contribution < 1.29 is 23.1 Å². The van der Waals surface area contributed by atoms with Crippen molar-refractivity contribution in [2.45, 2.75) is 56.7 Å². The first-order valence-electron chi connectivity index (χ1n) is 14.6. The van der Waals surface area contributed by atoms with Crippen LogP contribution in [0.3, 0.4) is 0 Å². The monoisotopic (exact) mass is 601 g/mol. The molecule has 5 aliphatic rings. The first-order valence-corrected chi connectivity index (χ1v) is 15.5. The van der Waals surface area contributed by atoms with Crippen LogP contribution in [0.2, 0.25) is 0 Å². The van der Waals surface area contributed by atoms with E-state index in [0.717, 1.165) is 47.8 Å². The van der Waals surface area contributed by atoms with E-state index in [1.54, 1.807) is 21.0 Å². The van der Waals surface area contributed by atoms with Crippen LogP contribution in [-0.4, -0.2) is 33.3 Å². The molecule has 1 amide bonds. The maximum atomic E-state index is 15.8. The second-order valence-corrected chi connectivity index (χ2v) is 13.5. The summed E-state index contributed by atoms with van der Waals surface area (Å²) in [6, 6.07) is 10.9. The molecule has 4 heterocycles. The number of piperidine rings is 1. The molecule has 2 aromatic carbocycles. The van der Waals surface area contributed by atoms with E-state index in [1.165, 1.54) is 23.6 Å². The summed E-state index contributed by atoms with van der Waals surface area (Å²) in [5.74, 6) is -5.43. The first-order chi connectivity index (χ1) is 20.7. The fraction of sp³-hybridized carbons (Fsp3) is 0.333. The van der Waals surface area contributed by atoms with E-state index in [4.69, 9.17) is 0 Å². The molecule has 2 fully saturated rings. The summed E-state index contributed by atoms with van der Waals surface area (Å²) in [4.78, 5) is 29.1. The predicted molar refractivity (Wildman–Crippen MR) is 156 cm³/mol. The van der Waals surface area contributed by atoms with Crippen molar-refractivity contribution in [1.82, 2.24) is 9.58 Å². The van der Waals surface area contributed by atoms with Crippen molar-refractivity contribution in [3.05, 3.63) is 98.0 Å². The number of benzene rings is 2. The number of pyridine rings is 1. The third-order valence-electron chi connectivity index (χ3n) is 10.5. The normalized spacial score (nSPS) is 23.6. The maximum absolute atomic E-state index is 15.8. The van der Waals surface area contributed by atoms with Crippen LogP contribution in [0.5, 0.6) is 5.75 Å². The Labute approximate surface area is 248 Å². The minimum absolute atomic E-state index is 0.0591. The molecule has 6 nitrogen and oxygen atoms in total. The van der Waals surface area contributed by atoms with Crippen LogP contribution in [0.25, 0.3) is 21.6 Å². The van der Waals surface area contributed by atoms with Crippen LogP contribution in [-0.2, 0) is 12.3 Å². The van der Waals surface area contributed by atoms with Crippen LogP contribution >= 0.6 is 11.3 Å².